The number of benzene rings is 9. The topological polar surface area (TPSA) is 0 Å². The SMILES string of the molecule is CC1(C)c2cc(-c3ccc(-c4c5ccccc5c(-c5cccc6sc7ccccc7c56)c5ccccc45)cc3)ccc2-c2cc3ccccc3cc21. The standard InChI is InChI=1S/C51H34S/c1-51(2)44-30-35(26-27-36(44)43-28-33-12-3-4-13-34(33)29-45(43)51)31-22-24-32(25-23-31)48-37-14-5-7-16-39(37)49(40-17-8-6-15-38(40)48)42-19-11-21-47-50(42)41-18-9-10-20-46(41)52-47/h3-30H,1-2H3. The van der Waals surface area contributed by atoms with E-state index in [1.807, 2.05) is 11.3 Å². The van der Waals surface area contributed by atoms with Gasteiger partial charge in [0.15, 0.2) is 0 Å². The minimum Gasteiger partial charge on any atom is -0.135 e. The number of rotatable bonds is 3. The van der Waals surface area contributed by atoms with Gasteiger partial charge in [-0.1, -0.05) is 153 Å². The van der Waals surface area contributed by atoms with Gasteiger partial charge in [-0.3, -0.25) is 0 Å². The molecule has 9 aromatic carbocycles. The molecule has 0 atom stereocenters. The van der Waals surface area contributed by atoms with Crippen molar-refractivity contribution in [1.82, 2.24) is 0 Å². The lowest BCUT2D eigenvalue weighted by atomic mass is 9.81. The quantitative estimate of drug-likeness (QED) is 0.163. The van der Waals surface area contributed by atoms with Gasteiger partial charge < -0.3 is 0 Å². The van der Waals surface area contributed by atoms with Gasteiger partial charge in [-0.05, 0) is 118 Å². The van der Waals surface area contributed by atoms with E-state index < -0.39 is 0 Å². The van der Waals surface area contributed by atoms with Gasteiger partial charge in [0.2, 0.25) is 0 Å². The summed E-state index contributed by atoms with van der Waals surface area (Å²) >= 11 is 1.88. The summed E-state index contributed by atoms with van der Waals surface area (Å²) in [6.45, 7) is 4.75. The van der Waals surface area contributed by atoms with Gasteiger partial charge in [0, 0.05) is 25.6 Å². The molecule has 0 N–H and O–H groups in total. The van der Waals surface area contributed by atoms with E-state index in [0.29, 0.717) is 0 Å². The summed E-state index contributed by atoms with van der Waals surface area (Å²) in [6.07, 6.45) is 0. The smallest absolute Gasteiger partial charge is 0.0361 e. The highest BCUT2D eigenvalue weighted by Crippen LogP contribution is 2.51. The van der Waals surface area contributed by atoms with Crippen LogP contribution >= 0.6 is 11.3 Å². The highest BCUT2D eigenvalue weighted by molar-refractivity contribution is 7.25. The largest absolute Gasteiger partial charge is 0.135 e. The summed E-state index contributed by atoms with van der Waals surface area (Å²) in [4.78, 5) is 0. The number of hydrogen-bond donors (Lipinski definition) is 0. The van der Waals surface area contributed by atoms with Crippen molar-refractivity contribution in [2.45, 2.75) is 19.3 Å². The molecule has 1 aromatic heterocycles. The molecule has 0 saturated carbocycles. The van der Waals surface area contributed by atoms with Crippen LogP contribution in [0.1, 0.15) is 25.0 Å². The maximum absolute atomic E-state index is 2.43. The molecule has 1 heteroatoms. The highest BCUT2D eigenvalue weighted by Gasteiger charge is 2.36. The third kappa shape index (κ3) is 4.21. The molecule has 0 aliphatic heterocycles. The van der Waals surface area contributed by atoms with E-state index in [0.717, 1.165) is 0 Å². The fourth-order valence-electron chi connectivity index (χ4n) is 9.14. The molecule has 1 heterocycles. The third-order valence-electron chi connectivity index (χ3n) is 11.7. The van der Waals surface area contributed by atoms with Crippen LogP contribution < -0.4 is 0 Å². The molecule has 0 saturated heterocycles. The van der Waals surface area contributed by atoms with E-state index in [-0.39, 0.29) is 5.41 Å². The van der Waals surface area contributed by atoms with Crippen molar-refractivity contribution in [2.75, 3.05) is 0 Å². The molecule has 244 valence electrons. The first-order valence-electron chi connectivity index (χ1n) is 18.2. The summed E-state index contributed by atoms with van der Waals surface area (Å²) < 4.78 is 2.67. The molecular weight excluding hydrogens is 645 g/mol. The van der Waals surface area contributed by atoms with Crippen LogP contribution in [0, 0.1) is 0 Å². The Balaban J connectivity index is 1.06. The van der Waals surface area contributed by atoms with E-state index in [2.05, 4.69) is 184 Å². The van der Waals surface area contributed by atoms with Crippen molar-refractivity contribution < 1.29 is 0 Å². The average molecular weight is 679 g/mol. The number of fused-ring (bicyclic) bond motifs is 9. The number of hydrogen-bond acceptors (Lipinski definition) is 1. The Morgan fingerprint density at radius 3 is 1.62 bits per heavy atom. The fourth-order valence-corrected chi connectivity index (χ4v) is 10.3. The molecule has 11 rings (SSSR count). The molecular formula is C51H34S. The first kappa shape index (κ1) is 29.7. The van der Waals surface area contributed by atoms with Gasteiger partial charge >= 0.3 is 0 Å². The summed E-state index contributed by atoms with van der Waals surface area (Å²) in [5.41, 5.74) is 13.1. The minimum absolute atomic E-state index is 0.0656. The molecule has 52 heavy (non-hydrogen) atoms. The van der Waals surface area contributed by atoms with Crippen molar-refractivity contribution >= 4 is 63.8 Å². The van der Waals surface area contributed by atoms with Crippen LogP contribution in [0.3, 0.4) is 0 Å². The molecule has 0 spiro atoms. The lowest BCUT2D eigenvalue weighted by Gasteiger charge is -2.22. The van der Waals surface area contributed by atoms with Crippen molar-refractivity contribution in [3.63, 3.8) is 0 Å². The molecule has 0 nitrogen and oxygen atoms in total. The highest BCUT2D eigenvalue weighted by atomic mass is 32.1. The number of thiophene rings is 1. The van der Waals surface area contributed by atoms with Crippen LogP contribution in [0.4, 0.5) is 0 Å². The first-order valence-corrected chi connectivity index (χ1v) is 19.0. The zero-order chi connectivity index (χ0) is 34.6. The Morgan fingerprint density at radius 1 is 0.365 bits per heavy atom. The lowest BCUT2D eigenvalue weighted by molar-refractivity contribution is 0.661. The Labute approximate surface area is 307 Å². The van der Waals surface area contributed by atoms with Gasteiger partial charge in [-0.25, -0.2) is 0 Å². The molecule has 10 aromatic rings. The van der Waals surface area contributed by atoms with Crippen molar-refractivity contribution in [1.29, 1.82) is 0 Å². The minimum atomic E-state index is -0.0656. The molecule has 0 amide bonds. The van der Waals surface area contributed by atoms with E-state index in [4.69, 9.17) is 0 Å². The predicted molar refractivity (Wildman–Crippen MR) is 226 cm³/mol. The molecule has 1 aliphatic carbocycles. The van der Waals surface area contributed by atoms with Crippen LogP contribution in [-0.4, -0.2) is 0 Å². The van der Waals surface area contributed by atoms with Gasteiger partial charge in [0.05, 0.1) is 0 Å². The lowest BCUT2D eigenvalue weighted by Crippen LogP contribution is -2.15. The van der Waals surface area contributed by atoms with Crippen molar-refractivity contribution in [3.8, 4) is 44.5 Å². The van der Waals surface area contributed by atoms with Crippen LogP contribution in [0.25, 0.3) is 97.0 Å². The van der Waals surface area contributed by atoms with Gasteiger partial charge in [-0.2, -0.15) is 0 Å². The van der Waals surface area contributed by atoms with E-state index >= 15 is 0 Å². The molecule has 0 unspecified atom stereocenters. The van der Waals surface area contributed by atoms with Crippen LogP contribution in [0.5, 0.6) is 0 Å². The Bertz CT molecular complexity index is 3030. The van der Waals surface area contributed by atoms with Gasteiger partial charge in [0.25, 0.3) is 0 Å². The Kier molecular flexibility index (Phi) is 6.27. The second-order valence-electron chi connectivity index (χ2n) is 14.8. The normalized spacial score (nSPS) is 13.3. The van der Waals surface area contributed by atoms with E-state index in [1.54, 1.807) is 0 Å². The maximum atomic E-state index is 2.43. The predicted octanol–water partition coefficient (Wildman–Crippen LogP) is 14.8. The second-order valence-corrected chi connectivity index (χ2v) is 15.9. The molecule has 0 radical (unpaired) electrons. The zero-order valence-corrected chi connectivity index (χ0v) is 29.9. The first-order chi connectivity index (χ1) is 25.5. The van der Waals surface area contributed by atoms with E-state index in [9.17, 15) is 0 Å². The van der Waals surface area contributed by atoms with Crippen LogP contribution in [0.2, 0.25) is 0 Å². The molecule has 1 aliphatic rings. The third-order valence-corrected chi connectivity index (χ3v) is 12.8. The maximum Gasteiger partial charge on any atom is 0.0361 e. The van der Waals surface area contributed by atoms with Crippen LogP contribution in [0.15, 0.2) is 170 Å². The van der Waals surface area contributed by atoms with Gasteiger partial charge in [-0.15, -0.1) is 11.3 Å². The van der Waals surface area contributed by atoms with Crippen LogP contribution in [-0.2, 0) is 5.41 Å². The summed E-state index contributed by atoms with van der Waals surface area (Å²) in [6, 6.07) is 63.6. The second kappa shape index (κ2) is 11.0. The Hall–Kier alpha value is -6.02. The zero-order valence-electron chi connectivity index (χ0n) is 29.1. The monoisotopic (exact) mass is 678 g/mol. The van der Waals surface area contributed by atoms with Crippen molar-refractivity contribution in [2.24, 2.45) is 0 Å². The summed E-state index contributed by atoms with van der Waals surface area (Å²) in [7, 11) is 0. The molecule has 0 fully saturated rings. The Morgan fingerprint density at radius 2 is 0.904 bits per heavy atom. The fraction of sp³-hybridized carbons (Fsp3) is 0.0588. The molecule has 0 bridgehead atoms. The summed E-state index contributed by atoms with van der Waals surface area (Å²) in [5.74, 6) is 0. The average Bonchev–Trinajstić information content (AvgIpc) is 3.68. The van der Waals surface area contributed by atoms with Gasteiger partial charge in [0.1, 0.15) is 0 Å². The van der Waals surface area contributed by atoms with E-state index in [1.165, 1.54) is 108 Å². The summed E-state index contributed by atoms with van der Waals surface area (Å²) in [5, 5.41) is 10.4. The van der Waals surface area contributed by atoms with Crippen molar-refractivity contribution in [3.05, 3.63) is 181 Å².